The minimum absolute atomic E-state index is 0.129. The predicted octanol–water partition coefficient (Wildman–Crippen LogP) is 2.93. The Labute approximate surface area is 123 Å². The molecule has 0 unspecified atom stereocenters. The first-order valence-electron chi connectivity index (χ1n) is 6.35. The van der Waals surface area contributed by atoms with Crippen LogP contribution in [-0.2, 0) is 21.9 Å². The van der Waals surface area contributed by atoms with E-state index in [0.29, 0.717) is 23.4 Å². The molecular weight excluding hydrogens is 282 g/mol. The summed E-state index contributed by atoms with van der Waals surface area (Å²) in [5.41, 5.74) is 1.87. The molecule has 110 valence electrons. The standard InChI is InChI=1S/C14H18ClNO4/c1-5-6-11-12(7-15)16-14(20-10(4)18)8(2)13(11)19-9(3)17/h5-7H2,1-4H3. The second kappa shape index (κ2) is 7.24. The third kappa shape index (κ3) is 3.93. The van der Waals surface area contributed by atoms with Gasteiger partial charge in [-0.25, -0.2) is 4.98 Å². The lowest BCUT2D eigenvalue weighted by Gasteiger charge is -2.17. The molecule has 0 radical (unpaired) electrons. The van der Waals surface area contributed by atoms with Crippen molar-refractivity contribution in [3.8, 4) is 11.6 Å². The van der Waals surface area contributed by atoms with Crippen molar-refractivity contribution in [2.24, 2.45) is 0 Å². The van der Waals surface area contributed by atoms with Crippen molar-refractivity contribution in [2.75, 3.05) is 0 Å². The molecule has 0 bridgehead atoms. The van der Waals surface area contributed by atoms with Crippen molar-refractivity contribution < 1.29 is 19.1 Å². The van der Waals surface area contributed by atoms with Crippen molar-refractivity contribution in [3.05, 3.63) is 16.8 Å². The average Bonchev–Trinajstić information content (AvgIpc) is 2.36. The number of aromatic nitrogens is 1. The maximum Gasteiger partial charge on any atom is 0.309 e. The van der Waals surface area contributed by atoms with Gasteiger partial charge in [-0.3, -0.25) is 9.59 Å². The van der Waals surface area contributed by atoms with Gasteiger partial charge >= 0.3 is 11.9 Å². The van der Waals surface area contributed by atoms with Gasteiger partial charge in [-0.2, -0.15) is 0 Å². The van der Waals surface area contributed by atoms with Crippen molar-refractivity contribution in [1.82, 2.24) is 4.98 Å². The first-order chi connectivity index (χ1) is 9.40. The highest BCUT2D eigenvalue weighted by Gasteiger charge is 2.20. The number of hydrogen-bond donors (Lipinski definition) is 0. The summed E-state index contributed by atoms with van der Waals surface area (Å²) in [6, 6.07) is 0. The molecule has 1 rings (SSSR count). The van der Waals surface area contributed by atoms with E-state index in [4.69, 9.17) is 21.1 Å². The van der Waals surface area contributed by atoms with Crippen LogP contribution in [0.25, 0.3) is 0 Å². The highest BCUT2D eigenvalue weighted by molar-refractivity contribution is 6.17. The molecule has 5 nitrogen and oxygen atoms in total. The molecule has 1 aromatic heterocycles. The number of pyridine rings is 1. The molecule has 20 heavy (non-hydrogen) atoms. The number of carbonyl (C=O) groups is 2. The van der Waals surface area contributed by atoms with Crippen LogP contribution in [0.5, 0.6) is 11.6 Å². The summed E-state index contributed by atoms with van der Waals surface area (Å²) in [7, 11) is 0. The quantitative estimate of drug-likeness (QED) is 0.618. The highest BCUT2D eigenvalue weighted by atomic mass is 35.5. The van der Waals surface area contributed by atoms with Crippen LogP contribution in [0, 0.1) is 6.92 Å². The van der Waals surface area contributed by atoms with Gasteiger partial charge in [0.25, 0.3) is 0 Å². The second-order valence-corrected chi connectivity index (χ2v) is 4.63. The highest BCUT2D eigenvalue weighted by Crippen LogP contribution is 2.34. The van der Waals surface area contributed by atoms with Gasteiger partial charge in [0, 0.05) is 19.4 Å². The van der Waals surface area contributed by atoms with E-state index in [1.807, 2.05) is 6.92 Å². The molecule has 0 spiro atoms. The van der Waals surface area contributed by atoms with E-state index in [0.717, 1.165) is 12.0 Å². The van der Waals surface area contributed by atoms with Crippen molar-refractivity contribution >= 4 is 23.5 Å². The summed E-state index contributed by atoms with van der Waals surface area (Å²) in [5.74, 6) is -0.257. The number of alkyl halides is 1. The predicted molar refractivity (Wildman–Crippen MR) is 75.1 cm³/mol. The molecular formula is C14H18ClNO4. The number of halogens is 1. The van der Waals surface area contributed by atoms with Crippen molar-refractivity contribution in [1.29, 1.82) is 0 Å². The smallest absolute Gasteiger partial charge is 0.309 e. The van der Waals surface area contributed by atoms with Crippen molar-refractivity contribution in [3.63, 3.8) is 0 Å². The number of hydrogen-bond acceptors (Lipinski definition) is 5. The summed E-state index contributed by atoms with van der Waals surface area (Å²) < 4.78 is 10.3. The Kier molecular flexibility index (Phi) is 5.95. The average molecular weight is 300 g/mol. The first-order valence-corrected chi connectivity index (χ1v) is 6.89. The van der Waals surface area contributed by atoms with Gasteiger partial charge in [0.2, 0.25) is 5.88 Å². The fourth-order valence-corrected chi connectivity index (χ4v) is 2.09. The molecule has 0 amide bonds. The Bertz CT molecular complexity index is 528. The Morgan fingerprint density at radius 1 is 1.20 bits per heavy atom. The Balaban J connectivity index is 3.45. The molecule has 0 saturated carbocycles. The lowest BCUT2D eigenvalue weighted by Crippen LogP contribution is -2.12. The fourth-order valence-electron chi connectivity index (χ4n) is 1.86. The first kappa shape index (κ1) is 16.4. The molecule has 1 aromatic rings. The van der Waals surface area contributed by atoms with Crippen LogP contribution in [0.15, 0.2) is 0 Å². The summed E-state index contributed by atoms with van der Waals surface area (Å²) in [4.78, 5) is 26.6. The Morgan fingerprint density at radius 2 is 1.80 bits per heavy atom. The topological polar surface area (TPSA) is 65.5 Å². The second-order valence-electron chi connectivity index (χ2n) is 4.37. The van der Waals surface area contributed by atoms with E-state index in [-0.39, 0.29) is 11.8 Å². The molecule has 0 aliphatic rings. The summed E-state index contributed by atoms with van der Waals surface area (Å²) in [6.07, 6.45) is 1.53. The zero-order valence-corrected chi connectivity index (χ0v) is 12.8. The monoisotopic (exact) mass is 299 g/mol. The largest absolute Gasteiger partial charge is 0.426 e. The summed E-state index contributed by atoms with van der Waals surface area (Å²) in [5, 5.41) is 0. The van der Waals surface area contributed by atoms with Gasteiger partial charge in [0.15, 0.2) is 0 Å². The molecule has 0 aliphatic carbocycles. The van der Waals surface area contributed by atoms with E-state index >= 15 is 0 Å². The minimum atomic E-state index is -0.488. The number of esters is 2. The number of nitrogens with zero attached hydrogens (tertiary/aromatic N) is 1. The summed E-state index contributed by atoms with van der Waals surface area (Å²) in [6.45, 7) is 6.31. The van der Waals surface area contributed by atoms with Gasteiger partial charge in [0.05, 0.1) is 17.1 Å². The number of carbonyl (C=O) groups excluding carboxylic acids is 2. The zero-order valence-electron chi connectivity index (χ0n) is 12.1. The zero-order chi connectivity index (χ0) is 15.3. The minimum Gasteiger partial charge on any atom is -0.426 e. The fraction of sp³-hybridized carbons (Fsp3) is 0.500. The van der Waals surface area contributed by atoms with Gasteiger partial charge in [0.1, 0.15) is 5.75 Å². The Morgan fingerprint density at radius 3 is 2.25 bits per heavy atom. The third-order valence-corrected chi connectivity index (χ3v) is 2.89. The maximum atomic E-state index is 11.3. The van der Waals surface area contributed by atoms with E-state index in [1.165, 1.54) is 13.8 Å². The van der Waals surface area contributed by atoms with Crippen LogP contribution in [0.1, 0.15) is 44.0 Å². The number of rotatable bonds is 5. The van der Waals surface area contributed by atoms with Gasteiger partial charge in [-0.15, -0.1) is 11.6 Å². The molecule has 0 aliphatic heterocycles. The molecule has 0 saturated heterocycles. The molecule has 0 fully saturated rings. The van der Waals surface area contributed by atoms with E-state index in [9.17, 15) is 9.59 Å². The van der Waals surface area contributed by atoms with Crippen LogP contribution in [0.3, 0.4) is 0 Å². The lowest BCUT2D eigenvalue weighted by atomic mass is 10.0. The van der Waals surface area contributed by atoms with E-state index in [2.05, 4.69) is 4.98 Å². The van der Waals surface area contributed by atoms with E-state index < -0.39 is 11.9 Å². The van der Waals surface area contributed by atoms with Crippen LogP contribution in [-0.4, -0.2) is 16.9 Å². The van der Waals surface area contributed by atoms with E-state index in [1.54, 1.807) is 6.92 Å². The Hall–Kier alpha value is -1.62. The van der Waals surface area contributed by atoms with Gasteiger partial charge in [-0.05, 0) is 13.3 Å². The van der Waals surface area contributed by atoms with Gasteiger partial charge in [-0.1, -0.05) is 13.3 Å². The SMILES string of the molecule is CCCc1c(CCl)nc(OC(C)=O)c(C)c1OC(C)=O. The molecule has 0 atom stereocenters. The third-order valence-electron chi connectivity index (χ3n) is 2.63. The molecule has 6 heteroatoms. The van der Waals surface area contributed by atoms with Crippen molar-refractivity contribution in [2.45, 2.75) is 46.4 Å². The summed E-state index contributed by atoms with van der Waals surface area (Å²) >= 11 is 5.89. The molecule has 0 N–H and O–H groups in total. The maximum absolute atomic E-state index is 11.3. The van der Waals surface area contributed by atoms with Crippen LogP contribution in [0.4, 0.5) is 0 Å². The van der Waals surface area contributed by atoms with Gasteiger partial charge < -0.3 is 9.47 Å². The van der Waals surface area contributed by atoms with Crippen LogP contribution >= 0.6 is 11.6 Å². The molecule has 1 heterocycles. The lowest BCUT2D eigenvalue weighted by molar-refractivity contribution is -0.132. The molecule has 0 aromatic carbocycles. The van der Waals surface area contributed by atoms with Crippen LogP contribution < -0.4 is 9.47 Å². The van der Waals surface area contributed by atoms with Crippen LogP contribution in [0.2, 0.25) is 0 Å². The normalized spacial score (nSPS) is 10.2. The number of ether oxygens (including phenoxy) is 2.